The molecule has 1 N–H and O–H groups in total. The second kappa shape index (κ2) is 7.10. The van der Waals surface area contributed by atoms with E-state index in [2.05, 4.69) is 21.2 Å². The van der Waals surface area contributed by atoms with Crippen molar-refractivity contribution < 1.29 is 9.53 Å². The third kappa shape index (κ3) is 4.38. The van der Waals surface area contributed by atoms with Crippen LogP contribution in [0.4, 0.5) is 0 Å². The Kier molecular flexibility index (Phi) is 5.18. The smallest absolute Gasteiger partial charge is 0.261 e. The Labute approximate surface area is 127 Å². The van der Waals surface area contributed by atoms with Crippen LogP contribution in [0.5, 0.6) is 5.75 Å². The lowest BCUT2D eigenvalue weighted by Crippen LogP contribution is -2.35. The SMILES string of the molecule is C[C@@H](Oc1ccc(Br)cc1)C(=O)NCc1ccccc1. The number of ether oxygens (including phenoxy) is 1. The van der Waals surface area contributed by atoms with Gasteiger partial charge < -0.3 is 10.1 Å². The number of halogens is 1. The van der Waals surface area contributed by atoms with Crippen molar-refractivity contribution in [3.63, 3.8) is 0 Å². The van der Waals surface area contributed by atoms with Crippen LogP contribution in [0.2, 0.25) is 0 Å². The third-order valence-corrected chi connectivity index (χ3v) is 3.33. The normalized spacial score (nSPS) is 11.7. The van der Waals surface area contributed by atoms with Gasteiger partial charge in [-0.2, -0.15) is 0 Å². The molecule has 0 unspecified atom stereocenters. The number of hydrogen-bond donors (Lipinski definition) is 1. The van der Waals surface area contributed by atoms with Crippen LogP contribution < -0.4 is 10.1 Å². The van der Waals surface area contributed by atoms with Gasteiger partial charge in [-0.15, -0.1) is 0 Å². The molecule has 0 fully saturated rings. The lowest BCUT2D eigenvalue weighted by Gasteiger charge is -2.14. The van der Waals surface area contributed by atoms with Crippen LogP contribution in [-0.4, -0.2) is 12.0 Å². The number of hydrogen-bond acceptors (Lipinski definition) is 2. The van der Waals surface area contributed by atoms with Crippen LogP contribution in [0.3, 0.4) is 0 Å². The van der Waals surface area contributed by atoms with Crippen molar-refractivity contribution in [2.24, 2.45) is 0 Å². The molecular formula is C16H16BrNO2. The Morgan fingerprint density at radius 2 is 1.80 bits per heavy atom. The lowest BCUT2D eigenvalue weighted by molar-refractivity contribution is -0.127. The molecule has 0 saturated carbocycles. The van der Waals surface area contributed by atoms with Gasteiger partial charge in [-0.3, -0.25) is 4.79 Å². The van der Waals surface area contributed by atoms with Crippen LogP contribution in [-0.2, 0) is 11.3 Å². The number of carbonyl (C=O) groups excluding carboxylic acids is 1. The van der Waals surface area contributed by atoms with Crippen molar-refractivity contribution in [3.8, 4) is 5.75 Å². The minimum absolute atomic E-state index is 0.128. The molecule has 2 rings (SSSR count). The zero-order valence-corrected chi connectivity index (χ0v) is 12.8. The second-order valence-electron chi connectivity index (χ2n) is 4.42. The van der Waals surface area contributed by atoms with E-state index in [4.69, 9.17) is 4.74 Å². The first-order chi connectivity index (χ1) is 9.65. The van der Waals surface area contributed by atoms with E-state index in [1.165, 1.54) is 0 Å². The predicted octanol–water partition coefficient (Wildman–Crippen LogP) is 3.53. The number of carbonyl (C=O) groups is 1. The topological polar surface area (TPSA) is 38.3 Å². The first-order valence-electron chi connectivity index (χ1n) is 6.39. The summed E-state index contributed by atoms with van der Waals surface area (Å²) in [6.45, 7) is 2.25. The summed E-state index contributed by atoms with van der Waals surface area (Å²) in [6.07, 6.45) is -0.528. The Bertz CT molecular complexity index is 554. The fourth-order valence-corrected chi connectivity index (χ4v) is 1.96. The Morgan fingerprint density at radius 3 is 2.45 bits per heavy atom. The fraction of sp³-hybridized carbons (Fsp3) is 0.188. The van der Waals surface area contributed by atoms with Gasteiger partial charge in [0.25, 0.3) is 5.91 Å². The molecule has 3 nitrogen and oxygen atoms in total. The van der Waals surface area contributed by atoms with Crippen molar-refractivity contribution in [1.29, 1.82) is 0 Å². The molecule has 0 radical (unpaired) electrons. The van der Waals surface area contributed by atoms with E-state index < -0.39 is 6.10 Å². The molecular weight excluding hydrogens is 318 g/mol. The third-order valence-electron chi connectivity index (χ3n) is 2.81. The molecule has 0 spiro atoms. The fourth-order valence-electron chi connectivity index (χ4n) is 1.70. The summed E-state index contributed by atoms with van der Waals surface area (Å²) in [7, 11) is 0. The minimum Gasteiger partial charge on any atom is -0.481 e. The van der Waals surface area contributed by atoms with Gasteiger partial charge in [0.1, 0.15) is 5.75 Å². The largest absolute Gasteiger partial charge is 0.481 e. The predicted molar refractivity (Wildman–Crippen MR) is 82.5 cm³/mol. The minimum atomic E-state index is -0.528. The molecule has 4 heteroatoms. The summed E-state index contributed by atoms with van der Waals surface area (Å²) in [6, 6.07) is 17.2. The van der Waals surface area contributed by atoms with Crippen LogP contribution in [0.1, 0.15) is 12.5 Å². The molecule has 0 aromatic heterocycles. The van der Waals surface area contributed by atoms with Gasteiger partial charge in [0.2, 0.25) is 0 Å². The molecule has 2 aromatic carbocycles. The molecule has 0 saturated heterocycles. The van der Waals surface area contributed by atoms with Crippen molar-refractivity contribution in [3.05, 3.63) is 64.6 Å². The van der Waals surface area contributed by atoms with Gasteiger partial charge in [0.15, 0.2) is 6.10 Å². The first kappa shape index (κ1) is 14.6. The van der Waals surface area contributed by atoms with E-state index in [1.807, 2.05) is 54.6 Å². The van der Waals surface area contributed by atoms with Crippen molar-refractivity contribution in [2.75, 3.05) is 0 Å². The Hall–Kier alpha value is -1.81. The number of amides is 1. The highest BCUT2D eigenvalue weighted by molar-refractivity contribution is 9.10. The van der Waals surface area contributed by atoms with Crippen LogP contribution >= 0.6 is 15.9 Å². The van der Waals surface area contributed by atoms with E-state index in [0.717, 1.165) is 10.0 Å². The maximum absolute atomic E-state index is 11.9. The highest BCUT2D eigenvalue weighted by Crippen LogP contribution is 2.17. The molecule has 2 aromatic rings. The number of benzene rings is 2. The summed E-state index contributed by atoms with van der Waals surface area (Å²) in [5.41, 5.74) is 1.07. The van der Waals surface area contributed by atoms with Gasteiger partial charge in [-0.05, 0) is 36.8 Å². The van der Waals surface area contributed by atoms with Crippen LogP contribution in [0, 0.1) is 0 Å². The Balaban J connectivity index is 1.84. The van der Waals surface area contributed by atoms with E-state index in [9.17, 15) is 4.79 Å². The lowest BCUT2D eigenvalue weighted by atomic mass is 10.2. The molecule has 0 aliphatic heterocycles. The zero-order valence-electron chi connectivity index (χ0n) is 11.2. The van der Waals surface area contributed by atoms with E-state index in [-0.39, 0.29) is 5.91 Å². The van der Waals surface area contributed by atoms with Crippen LogP contribution in [0.15, 0.2) is 59.1 Å². The second-order valence-corrected chi connectivity index (χ2v) is 5.33. The molecule has 104 valence electrons. The first-order valence-corrected chi connectivity index (χ1v) is 7.18. The maximum atomic E-state index is 11.9. The maximum Gasteiger partial charge on any atom is 0.261 e. The summed E-state index contributed by atoms with van der Waals surface area (Å²) in [4.78, 5) is 11.9. The monoisotopic (exact) mass is 333 g/mol. The number of rotatable bonds is 5. The average molecular weight is 334 g/mol. The molecule has 0 heterocycles. The number of nitrogens with one attached hydrogen (secondary N) is 1. The summed E-state index contributed by atoms with van der Waals surface area (Å²) in [5.74, 6) is 0.548. The molecule has 1 amide bonds. The summed E-state index contributed by atoms with van der Waals surface area (Å²) >= 11 is 3.36. The van der Waals surface area contributed by atoms with Crippen molar-refractivity contribution in [2.45, 2.75) is 19.6 Å². The summed E-state index contributed by atoms with van der Waals surface area (Å²) < 4.78 is 6.56. The van der Waals surface area contributed by atoms with E-state index in [1.54, 1.807) is 6.92 Å². The Morgan fingerprint density at radius 1 is 1.15 bits per heavy atom. The molecule has 0 bridgehead atoms. The molecule has 0 aliphatic rings. The van der Waals surface area contributed by atoms with Gasteiger partial charge in [-0.25, -0.2) is 0 Å². The zero-order chi connectivity index (χ0) is 14.4. The quantitative estimate of drug-likeness (QED) is 0.908. The highest BCUT2D eigenvalue weighted by Gasteiger charge is 2.13. The van der Waals surface area contributed by atoms with E-state index in [0.29, 0.717) is 12.3 Å². The van der Waals surface area contributed by atoms with Gasteiger partial charge in [0, 0.05) is 11.0 Å². The van der Waals surface area contributed by atoms with E-state index >= 15 is 0 Å². The summed E-state index contributed by atoms with van der Waals surface area (Å²) in [5, 5.41) is 2.86. The van der Waals surface area contributed by atoms with Crippen molar-refractivity contribution in [1.82, 2.24) is 5.32 Å². The van der Waals surface area contributed by atoms with Gasteiger partial charge >= 0.3 is 0 Å². The molecule has 0 aliphatic carbocycles. The van der Waals surface area contributed by atoms with Crippen molar-refractivity contribution >= 4 is 21.8 Å². The highest BCUT2D eigenvalue weighted by atomic mass is 79.9. The average Bonchev–Trinajstić information content (AvgIpc) is 2.48. The van der Waals surface area contributed by atoms with Gasteiger partial charge in [-0.1, -0.05) is 46.3 Å². The molecule has 1 atom stereocenters. The van der Waals surface area contributed by atoms with Crippen LogP contribution in [0.25, 0.3) is 0 Å². The molecule has 20 heavy (non-hydrogen) atoms. The van der Waals surface area contributed by atoms with Gasteiger partial charge in [0.05, 0.1) is 0 Å². The standard InChI is InChI=1S/C16H16BrNO2/c1-12(20-15-9-7-14(17)8-10-15)16(19)18-11-13-5-3-2-4-6-13/h2-10,12H,11H2,1H3,(H,18,19)/t12-/m1/s1.